The van der Waals surface area contributed by atoms with E-state index < -0.39 is 0 Å². The average molecular weight is 375 g/mol. The lowest BCUT2D eigenvalue weighted by Gasteiger charge is -2.11. The molecule has 1 atom stereocenters. The van der Waals surface area contributed by atoms with Gasteiger partial charge in [-0.15, -0.1) is 0 Å². The number of ether oxygens (including phenoxy) is 1. The number of aromatic nitrogens is 1. The third-order valence-corrected chi connectivity index (χ3v) is 3.92. The van der Waals surface area contributed by atoms with Crippen LogP contribution < -0.4 is 10.1 Å². The van der Waals surface area contributed by atoms with Gasteiger partial charge in [0.1, 0.15) is 5.76 Å². The number of methoxy groups -OCH3 is 1. The monoisotopic (exact) mass is 374 g/mol. The van der Waals surface area contributed by atoms with E-state index in [1.807, 2.05) is 31.2 Å². The SMILES string of the molecule is COc1cccc2cc(C(C)NC(=O)c3cncc(Br)c3)oc12. The van der Waals surface area contributed by atoms with Crippen LogP contribution in [0, 0.1) is 0 Å². The summed E-state index contributed by atoms with van der Waals surface area (Å²) in [6.45, 7) is 1.87. The van der Waals surface area contributed by atoms with Crippen molar-refractivity contribution in [2.75, 3.05) is 7.11 Å². The first-order valence-corrected chi connectivity index (χ1v) is 7.85. The van der Waals surface area contributed by atoms with Crippen LogP contribution in [0.4, 0.5) is 0 Å². The minimum absolute atomic E-state index is 0.210. The van der Waals surface area contributed by atoms with Crippen molar-refractivity contribution in [1.29, 1.82) is 0 Å². The summed E-state index contributed by atoms with van der Waals surface area (Å²) in [6.07, 6.45) is 3.15. The number of hydrogen-bond donors (Lipinski definition) is 1. The lowest BCUT2D eigenvalue weighted by Crippen LogP contribution is -2.26. The fourth-order valence-electron chi connectivity index (χ4n) is 2.32. The van der Waals surface area contributed by atoms with Gasteiger partial charge in [0, 0.05) is 22.3 Å². The predicted octanol–water partition coefficient (Wildman–Crippen LogP) is 4.09. The summed E-state index contributed by atoms with van der Waals surface area (Å²) >= 11 is 3.31. The zero-order chi connectivity index (χ0) is 16.4. The average Bonchev–Trinajstić information content (AvgIpc) is 2.99. The van der Waals surface area contributed by atoms with Gasteiger partial charge in [-0.25, -0.2) is 0 Å². The second-order valence-corrected chi connectivity index (χ2v) is 6.03. The summed E-state index contributed by atoms with van der Waals surface area (Å²) < 4.78 is 11.9. The Morgan fingerprint density at radius 3 is 2.91 bits per heavy atom. The van der Waals surface area contributed by atoms with Crippen LogP contribution in [0.3, 0.4) is 0 Å². The highest BCUT2D eigenvalue weighted by atomic mass is 79.9. The van der Waals surface area contributed by atoms with Crippen molar-refractivity contribution < 1.29 is 13.9 Å². The number of nitrogens with zero attached hydrogens (tertiary/aromatic N) is 1. The largest absolute Gasteiger partial charge is 0.493 e. The summed E-state index contributed by atoms with van der Waals surface area (Å²) in [4.78, 5) is 16.3. The first-order valence-electron chi connectivity index (χ1n) is 7.06. The van der Waals surface area contributed by atoms with Crippen LogP contribution >= 0.6 is 15.9 Å². The number of pyridine rings is 1. The molecule has 3 rings (SSSR count). The molecule has 5 nitrogen and oxygen atoms in total. The second kappa shape index (κ2) is 6.42. The van der Waals surface area contributed by atoms with Gasteiger partial charge in [0.05, 0.1) is 18.7 Å². The van der Waals surface area contributed by atoms with Crippen LogP contribution in [0.15, 0.2) is 51.6 Å². The molecule has 118 valence electrons. The Morgan fingerprint density at radius 2 is 2.17 bits per heavy atom. The lowest BCUT2D eigenvalue weighted by atomic mass is 10.2. The van der Waals surface area contributed by atoms with E-state index in [-0.39, 0.29) is 11.9 Å². The Labute approximate surface area is 141 Å². The quantitative estimate of drug-likeness (QED) is 0.746. The first kappa shape index (κ1) is 15.6. The Balaban J connectivity index is 1.83. The van der Waals surface area contributed by atoms with Gasteiger partial charge >= 0.3 is 0 Å². The third-order valence-electron chi connectivity index (χ3n) is 3.49. The van der Waals surface area contributed by atoms with Crippen molar-refractivity contribution in [2.24, 2.45) is 0 Å². The van der Waals surface area contributed by atoms with Gasteiger partial charge in [-0.3, -0.25) is 9.78 Å². The number of carbonyl (C=O) groups excluding carboxylic acids is 1. The number of fused-ring (bicyclic) bond motifs is 1. The molecule has 0 spiro atoms. The number of carbonyl (C=O) groups is 1. The lowest BCUT2D eigenvalue weighted by molar-refractivity contribution is 0.0935. The van der Waals surface area contributed by atoms with Crippen LogP contribution in [0.1, 0.15) is 29.1 Å². The molecule has 2 aromatic heterocycles. The summed E-state index contributed by atoms with van der Waals surface area (Å²) in [5.74, 6) is 1.13. The molecule has 1 amide bonds. The van der Waals surface area contributed by atoms with Gasteiger partial charge in [0.2, 0.25) is 0 Å². The van der Waals surface area contributed by atoms with Crippen molar-refractivity contribution in [3.8, 4) is 5.75 Å². The first-order chi connectivity index (χ1) is 11.1. The van der Waals surface area contributed by atoms with Gasteiger partial charge in [0.15, 0.2) is 11.3 Å². The minimum Gasteiger partial charge on any atom is -0.493 e. The number of benzene rings is 1. The van der Waals surface area contributed by atoms with E-state index in [0.717, 1.165) is 9.86 Å². The van der Waals surface area contributed by atoms with Crippen molar-refractivity contribution >= 4 is 32.8 Å². The number of amides is 1. The molecule has 0 aliphatic carbocycles. The highest BCUT2D eigenvalue weighted by Crippen LogP contribution is 2.30. The molecule has 0 fully saturated rings. The summed E-state index contributed by atoms with van der Waals surface area (Å²) in [5, 5.41) is 3.84. The van der Waals surface area contributed by atoms with E-state index in [1.165, 1.54) is 6.20 Å². The van der Waals surface area contributed by atoms with Gasteiger partial charge < -0.3 is 14.5 Å². The van der Waals surface area contributed by atoms with Crippen molar-refractivity contribution in [3.63, 3.8) is 0 Å². The molecule has 0 saturated carbocycles. The van der Waals surface area contributed by atoms with Crippen molar-refractivity contribution in [2.45, 2.75) is 13.0 Å². The molecule has 23 heavy (non-hydrogen) atoms. The molecule has 0 saturated heterocycles. The molecule has 1 N–H and O–H groups in total. The van der Waals surface area contributed by atoms with Crippen molar-refractivity contribution in [1.82, 2.24) is 10.3 Å². The van der Waals surface area contributed by atoms with Crippen LogP contribution in [-0.2, 0) is 0 Å². The molecule has 0 aliphatic heterocycles. The standard InChI is InChI=1S/C17H15BrN2O3/c1-10(20-17(21)12-6-13(18)9-19-8-12)15-7-11-4-3-5-14(22-2)16(11)23-15/h3-10H,1-2H3,(H,20,21). The molecule has 0 bridgehead atoms. The molecule has 0 aliphatic rings. The maximum atomic E-state index is 12.3. The smallest absolute Gasteiger partial charge is 0.253 e. The number of halogens is 1. The maximum Gasteiger partial charge on any atom is 0.253 e. The van der Waals surface area contributed by atoms with E-state index >= 15 is 0 Å². The van der Waals surface area contributed by atoms with E-state index in [4.69, 9.17) is 9.15 Å². The van der Waals surface area contributed by atoms with E-state index in [1.54, 1.807) is 19.4 Å². The third kappa shape index (κ3) is 3.22. The number of hydrogen-bond acceptors (Lipinski definition) is 4. The van der Waals surface area contributed by atoms with Gasteiger partial charge in [-0.05, 0) is 41.1 Å². The van der Waals surface area contributed by atoms with Crippen LogP contribution in [-0.4, -0.2) is 18.0 Å². The summed E-state index contributed by atoms with van der Waals surface area (Å²) in [6, 6.07) is 9.03. The fraction of sp³-hybridized carbons (Fsp3) is 0.176. The Hall–Kier alpha value is -2.34. The molecule has 6 heteroatoms. The van der Waals surface area contributed by atoms with Crippen LogP contribution in [0.2, 0.25) is 0 Å². The van der Waals surface area contributed by atoms with Crippen LogP contribution in [0.5, 0.6) is 5.75 Å². The molecular weight excluding hydrogens is 360 g/mol. The normalized spacial score (nSPS) is 12.1. The van der Waals surface area contributed by atoms with Gasteiger partial charge in [-0.2, -0.15) is 0 Å². The zero-order valence-electron chi connectivity index (χ0n) is 12.7. The highest BCUT2D eigenvalue weighted by molar-refractivity contribution is 9.10. The molecule has 1 aromatic carbocycles. The summed E-state index contributed by atoms with van der Waals surface area (Å²) in [7, 11) is 1.60. The minimum atomic E-state index is -0.279. The van der Waals surface area contributed by atoms with E-state index in [9.17, 15) is 4.79 Å². The Bertz CT molecular complexity index is 860. The fourth-order valence-corrected chi connectivity index (χ4v) is 2.68. The number of para-hydroxylation sites is 1. The zero-order valence-corrected chi connectivity index (χ0v) is 14.3. The highest BCUT2D eigenvalue weighted by Gasteiger charge is 2.17. The molecule has 1 unspecified atom stereocenters. The van der Waals surface area contributed by atoms with Gasteiger partial charge in [-0.1, -0.05) is 12.1 Å². The predicted molar refractivity (Wildman–Crippen MR) is 90.6 cm³/mol. The molecule has 2 heterocycles. The van der Waals surface area contributed by atoms with E-state index in [2.05, 4.69) is 26.2 Å². The Kier molecular flexibility index (Phi) is 4.34. The van der Waals surface area contributed by atoms with Gasteiger partial charge in [0.25, 0.3) is 5.91 Å². The molecule has 0 radical (unpaired) electrons. The molecule has 3 aromatic rings. The summed E-state index contributed by atoms with van der Waals surface area (Å²) in [5.41, 5.74) is 1.16. The Morgan fingerprint density at radius 1 is 1.35 bits per heavy atom. The number of furan rings is 1. The van der Waals surface area contributed by atoms with E-state index in [0.29, 0.717) is 22.7 Å². The van der Waals surface area contributed by atoms with Crippen molar-refractivity contribution in [3.05, 3.63) is 58.5 Å². The second-order valence-electron chi connectivity index (χ2n) is 5.11. The maximum absolute atomic E-state index is 12.3. The number of nitrogens with one attached hydrogen (secondary N) is 1. The molecular formula is C17H15BrN2O3. The van der Waals surface area contributed by atoms with Crippen LogP contribution in [0.25, 0.3) is 11.0 Å². The topological polar surface area (TPSA) is 64.4 Å². The number of rotatable bonds is 4.